The van der Waals surface area contributed by atoms with Crippen LogP contribution >= 0.6 is 11.5 Å². The van der Waals surface area contributed by atoms with E-state index in [9.17, 15) is 4.79 Å². The fourth-order valence-corrected chi connectivity index (χ4v) is 2.99. The Morgan fingerprint density at radius 2 is 1.75 bits per heavy atom. The first-order chi connectivity index (χ1) is 11.7. The Kier molecular flexibility index (Phi) is 5.33. The van der Waals surface area contributed by atoms with Crippen LogP contribution < -0.4 is 0 Å². The Balaban J connectivity index is 1.62. The van der Waals surface area contributed by atoms with E-state index in [4.69, 9.17) is 4.74 Å². The van der Waals surface area contributed by atoms with Crippen LogP contribution in [0.4, 0.5) is 0 Å². The third kappa shape index (κ3) is 4.06. The summed E-state index contributed by atoms with van der Waals surface area (Å²) < 4.78 is 9.48. The summed E-state index contributed by atoms with van der Waals surface area (Å²) in [6, 6.07) is 19.7. The first-order valence-electron chi connectivity index (χ1n) is 7.86. The minimum absolute atomic E-state index is 0.163. The van der Waals surface area contributed by atoms with Gasteiger partial charge in [0.15, 0.2) is 4.88 Å². The van der Waals surface area contributed by atoms with E-state index in [1.54, 1.807) is 0 Å². The molecule has 0 bridgehead atoms. The zero-order valence-corrected chi connectivity index (χ0v) is 14.2. The molecule has 0 fully saturated rings. The molecule has 1 heterocycles. The van der Waals surface area contributed by atoms with Gasteiger partial charge in [-0.25, -0.2) is 4.79 Å². The summed E-state index contributed by atoms with van der Waals surface area (Å²) in [4.78, 5) is 12.9. The SMILES string of the molecule is C[C@@H](CCc1ccccc1)OC(=O)c1snnc1-c1ccccc1. The van der Waals surface area contributed by atoms with E-state index in [0.717, 1.165) is 29.9 Å². The highest BCUT2D eigenvalue weighted by Gasteiger charge is 2.21. The lowest BCUT2D eigenvalue weighted by Gasteiger charge is -2.12. The molecule has 4 nitrogen and oxygen atoms in total. The predicted octanol–water partition coefficient (Wildman–Crippen LogP) is 4.38. The molecule has 24 heavy (non-hydrogen) atoms. The second-order valence-electron chi connectivity index (χ2n) is 5.56. The highest BCUT2D eigenvalue weighted by atomic mass is 32.1. The first-order valence-corrected chi connectivity index (χ1v) is 8.64. The van der Waals surface area contributed by atoms with E-state index >= 15 is 0 Å². The minimum Gasteiger partial charge on any atom is -0.458 e. The van der Waals surface area contributed by atoms with Gasteiger partial charge in [-0.05, 0) is 36.9 Å². The highest BCUT2D eigenvalue weighted by molar-refractivity contribution is 7.08. The number of nitrogens with zero attached hydrogens (tertiary/aromatic N) is 2. The van der Waals surface area contributed by atoms with Gasteiger partial charge in [-0.3, -0.25) is 0 Å². The minimum atomic E-state index is -0.357. The van der Waals surface area contributed by atoms with Crippen molar-refractivity contribution < 1.29 is 9.53 Å². The molecule has 122 valence electrons. The molecule has 0 radical (unpaired) electrons. The second-order valence-corrected chi connectivity index (χ2v) is 6.31. The van der Waals surface area contributed by atoms with Gasteiger partial charge in [-0.15, -0.1) is 5.10 Å². The monoisotopic (exact) mass is 338 g/mol. The lowest BCUT2D eigenvalue weighted by Crippen LogP contribution is -2.15. The molecule has 0 saturated carbocycles. The number of carbonyl (C=O) groups excluding carboxylic acids is 1. The Hall–Kier alpha value is -2.53. The summed E-state index contributed by atoms with van der Waals surface area (Å²) in [6.45, 7) is 1.91. The van der Waals surface area contributed by atoms with Gasteiger partial charge in [0.05, 0.1) is 6.10 Å². The molecule has 2 aromatic carbocycles. The van der Waals surface area contributed by atoms with Gasteiger partial charge in [0.2, 0.25) is 0 Å². The van der Waals surface area contributed by atoms with Gasteiger partial charge < -0.3 is 4.74 Å². The molecule has 0 amide bonds. The lowest BCUT2D eigenvalue weighted by atomic mass is 10.1. The van der Waals surface area contributed by atoms with Crippen LogP contribution in [-0.2, 0) is 11.2 Å². The van der Waals surface area contributed by atoms with Crippen LogP contribution in [-0.4, -0.2) is 21.7 Å². The maximum Gasteiger partial charge on any atom is 0.352 e. The van der Waals surface area contributed by atoms with Crippen LogP contribution in [0.1, 0.15) is 28.6 Å². The molecular weight excluding hydrogens is 320 g/mol. The fraction of sp³-hybridized carbons (Fsp3) is 0.211. The van der Waals surface area contributed by atoms with E-state index in [1.807, 2.05) is 55.5 Å². The zero-order valence-electron chi connectivity index (χ0n) is 13.4. The lowest BCUT2D eigenvalue weighted by molar-refractivity contribution is 0.0332. The number of benzene rings is 2. The van der Waals surface area contributed by atoms with E-state index in [2.05, 4.69) is 21.7 Å². The van der Waals surface area contributed by atoms with Gasteiger partial charge in [-0.2, -0.15) is 0 Å². The molecule has 0 N–H and O–H groups in total. The van der Waals surface area contributed by atoms with Crippen molar-refractivity contribution in [1.82, 2.24) is 9.59 Å². The zero-order chi connectivity index (χ0) is 16.8. The third-order valence-corrected chi connectivity index (χ3v) is 4.42. The third-order valence-electron chi connectivity index (χ3n) is 3.71. The van der Waals surface area contributed by atoms with Crippen molar-refractivity contribution in [2.45, 2.75) is 25.9 Å². The molecule has 0 spiro atoms. The van der Waals surface area contributed by atoms with Crippen LogP contribution in [0.3, 0.4) is 0 Å². The summed E-state index contributed by atoms with van der Waals surface area (Å²) in [5, 5.41) is 4.08. The average molecular weight is 338 g/mol. The van der Waals surface area contributed by atoms with Crippen LogP contribution in [0.15, 0.2) is 60.7 Å². The summed E-state index contributed by atoms with van der Waals surface area (Å²) in [5.74, 6) is -0.357. The standard InChI is InChI=1S/C19H18N2O2S/c1-14(12-13-15-8-4-2-5-9-15)23-19(22)18-17(20-21-24-18)16-10-6-3-7-11-16/h2-11,14H,12-13H2,1H3/t14-/m0/s1. The van der Waals surface area contributed by atoms with Crippen molar-refractivity contribution in [2.75, 3.05) is 0 Å². The number of aryl methyl sites for hydroxylation is 1. The molecule has 0 unspecified atom stereocenters. The first kappa shape index (κ1) is 16.3. The predicted molar refractivity (Wildman–Crippen MR) is 95.0 cm³/mol. The fourth-order valence-electron chi connectivity index (χ4n) is 2.42. The number of hydrogen-bond acceptors (Lipinski definition) is 5. The molecule has 1 aromatic heterocycles. The number of esters is 1. The maximum atomic E-state index is 12.4. The van der Waals surface area contributed by atoms with Crippen molar-refractivity contribution in [3.63, 3.8) is 0 Å². The molecule has 3 rings (SSSR count). The van der Waals surface area contributed by atoms with Crippen molar-refractivity contribution in [3.8, 4) is 11.3 Å². The topological polar surface area (TPSA) is 52.1 Å². The van der Waals surface area contributed by atoms with Crippen molar-refractivity contribution >= 4 is 17.5 Å². The summed E-state index contributed by atoms with van der Waals surface area (Å²) >= 11 is 1.07. The van der Waals surface area contributed by atoms with Crippen molar-refractivity contribution in [1.29, 1.82) is 0 Å². The van der Waals surface area contributed by atoms with Crippen LogP contribution in [0.2, 0.25) is 0 Å². The Morgan fingerprint density at radius 1 is 1.08 bits per heavy atom. The Labute approximate surface area is 145 Å². The number of ether oxygens (including phenoxy) is 1. The average Bonchev–Trinajstić information content (AvgIpc) is 3.11. The van der Waals surface area contributed by atoms with Gasteiger partial charge >= 0.3 is 5.97 Å². The highest BCUT2D eigenvalue weighted by Crippen LogP contribution is 2.25. The summed E-state index contributed by atoms with van der Waals surface area (Å²) in [5.41, 5.74) is 2.70. The number of aromatic nitrogens is 2. The van der Waals surface area contributed by atoms with Gasteiger partial charge in [0.25, 0.3) is 0 Å². The van der Waals surface area contributed by atoms with Crippen LogP contribution in [0, 0.1) is 0 Å². The number of carbonyl (C=O) groups is 1. The molecule has 0 saturated heterocycles. The largest absolute Gasteiger partial charge is 0.458 e. The molecular formula is C19H18N2O2S. The van der Waals surface area contributed by atoms with Gasteiger partial charge in [-0.1, -0.05) is 65.2 Å². The van der Waals surface area contributed by atoms with E-state index in [1.165, 1.54) is 5.56 Å². The Bertz CT molecular complexity index is 787. The molecule has 0 aliphatic carbocycles. The summed E-state index contributed by atoms with van der Waals surface area (Å²) in [7, 11) is 0. The van der Waals surface area contributed by atoms with Crippen LogP contribution in [0.5, 0.6) is 0 Å². The van der Waals surface area contributed by atoms with E-state index < -0.39 is 0 Å². The second kappa shape index (κ2) is 7.84. The number of rotatable bonds is 6. The number of hydrogen-bond donors (Lipinski definition) is 0. The normalized spacial score (nSPS) is 11.9. The van der Waals surface area contributed by atoms with Crippen molar-refractivity contribution in [3.05, 3.63) is 71.1 Å². The van der Waals surface area contributed by atoms with E-state index in [0.29, 0.717) is 10.6 Å². The molecule has 5 heteroatoms. The van der Waals surface area contributed by atoms with E-state index in [-0.39, 0.29) is 12.1 Å². The maximum absolute atomic E-state index is 12.4. The Morgan fingerprint density at radius 3 is 2.46 bits per heavy atom. The van der Waals surface area contributed by atoms with Gasteiger partial charge in [0.1, 0.15) is 5.69 Å². The molecule has 0 aliphatic rings. The molecule has 1 atom stereocenters. The molecule has 3 aromatic rings. The smallest absolute Gasteiger partial charge is 0.352 e. The summed E-state index contributed by atoms with van der Waals surface area (Å²) in [6.07, 6.45) is 1.49. The van der Waals surface area contributed by atoms with Gasteiger partial charge in [0, 0.05) is 5.56 Å². The van der Waals surface area contributed by atoms with Crippen LogP contribution in [0.25, 0.3) is 11.3 Å². The molecule has 0 aliphatic heterocycles. The van der Waals surface area contributed by atoms with Crippen molar-refractivity contribution in [2.24, 2.45) is 0 Å². The quantitative estimate of drug-likeness (QED) is 0.626.